The number of hydrogen-bond donors (Lipinski definition) is 2. The molecule has 0 saturated carbocycles. The molecule has 18 heavy (non-hydrogen) atoms. The number of pyridine rings is 1. The zero-order valence-corrected chi connectivity index (χ0v) is 10.7. The molecule has 1 aromatic heterocycles. The number of nitrogens with one attached hydrogen (secondary N) is 1. The van der Waals surface area contributed by atoms with Crippen LogP contribution in [-0.4, -0.2) is 35.0 Å². The zero-order valence-electron chi connectivity index (χ0n) is 10.7. The molecular formula is C13H20N4O. The second-order valence-electron chi connectivity index (χ2n) is 4.78. The number of carbonyl (C=O) groups is 1. The van der Waals surface area contributed by atoms with E-state index in [-0.39, 0.29) is 6.03 Å². The van der Waals surface area contributed by atoms with Crippen LogP contribution in [0.2, 0.25) is 0 Å². The van der Waals surface area contributed by atoms with Gasteiger partial charge in [-0.1, -0.05) is 0 Å². The minimum atomic E-state index is -0.307. The summed E-state index contributed by atoms with van der Waals surface area (Å²) in [5.74, 6) is 0. The van der Waals surface area contributed by atoms with E-state index in [4.69, 9.17) is 5.73 Å². The lowest BCUT2D eigenvalue weighted by Gasteiger charge is -2.31. The Morgan fingerprint density at radius 2 is 2.28 bits per heavy atom. The third-order valence-corrected chi connectivity index (χ3v) is 3.52. The highest BCUT2D eigenvalue weighted by molar-refractivity contribution is 5.72. The van der Waals surface area contributed by atoms with Gasteiger partial charge in [0.15, 0.2) is 0 Å². The van der Waals surface area contributed by atoms with Gasteiger partial charge in [-0.2, -0.15) is 0 Å². The summed E-state index contributed by atoms with van der Waals surface area (Å²) in [5, 5.41) is 3.53. The minimum Gasteiger partial charge on any atom is -0.351 e. The molecule has 1 saturated heterocycles. The van der Waals surface area contributed by atoms with E-state index in [1.165, 1.54) is 11.1 Å². The smallest absolute Gasteiger partial charge is 0.314 e. The molecule has 0 aromatic carbocycles. The van der Waals surface area contributed by atoms with Crippen LogP contribution in [-0.2, 0) is 6.54 Å². The summed E-state index contributed by atoms with van der Waals surface area (Å²) in [6.07, 6.45) is 5.63. The summed E-state index contributed by atoms with van der Waals surface area (Å²) >= 11 is 0. The lowest BCUT2D eigenvalue weighted by atomic mass is 10.0. The van der Waals surface area contributed by atoms with Crippen molar-refractivity contribution in [1.29, 1.82) is 0 Å². The number of amides is 2. The average molecular weight is 248 g/mol. The third-order valence-electron chi connectivity index (χ3n) is 3.52. The minimum absolute atomic E-state index is 0.307. The second kappa shape index (κ2) is 5.82. The molecule has 5 nitrogen and oxygen atoms in total. The number of piperidine rings is 1. The Bertz CT molecular complexity index is 413. The fraction of sp³-hybridized carbons (Fsp3) is 0.538. The fourth-order valence-electron chi connectivity index (χ4n) is 2.26. The molecule has 1 aliphatic heterocycles. The van der Waals surface area contributed by atoms with Crippen LogP contribution in [0.4, 0.5) is 4.79 Å². The first-order valence-electron chi connectivity index (χ1n) is 6.34. The Hall–Kier alpha value is -1.62. The van der Waals surface area contributed by atoms with Crippen molar-refractivity contribution in [3.8, 4) is 0 Å². The van der Waals surface area contributed by atoms with Crippen molar-refractivity contribution in [2.75, 3.05) is 13.1 Å². The van der Waals surface area contributed by atoms with Crippen LogP contribution in [0.15, 0.2) is 18.5 Å². The first kappa shape index (κ1) is 12.8. The molecule has 5 heteroatoms. The van der Waals surface area contributed by atoms with E-state index in [0.29, 0.717) is 6.04 Å². The van der Waals surface area contributed by atoms with Gasteiger partial charge in [-0.05, 0) is 37.0 Å². The lowest BCUT2D eigenvalue weighted by Crippen LogP contribution is -2.46. The molecule has 98 valence electrons. The number of urea groups is 1. The number of aryl methyl sites for hydroxylation is 1. The summed E-state index contributed by atoms with van der Waals surface area (Å²) in [6.45, 7) is 4.43. The molecule has 2 rings (SSSR count). The van der Waals surface area contributed by atoms with E-state index in [1.54, 1.807) is 4.90 Å². The van der Waals surface area contributed by atoms with E-state index in [9.17, 15) is 4.79 Å². The largest absolute Gasteiger partial charge is 0.351 e. The molecule has 3 N–H and O–H groups in total. The average Bonchev–Trinajstić information content (AvgIpc) is 2.38. The highest BCUT2D eigenvalue weighted by atomic mass is 16.2. The van der Waals surface area contributed by atoms with Crippen molar-refractivity contribution in [2.45, 2.75) is 32.4 Å². The van der Waals surface area contributed by atoms with Crippen LogP contribution in [0.3, 0.4) is 0 Å². The lowest BCUT2D eigenvalue weighted by molar-refractivity contribution is 0.185. The van der Waals surface area contributed by atoms with Crippen molar-refractivity contribution in [1.82, 2.24) is 15.2 Å². The van der Waals surface area contributed by atoms with Crippen molar-refractivity contribution >= 4 is 6.03 Å². The van der Waals surface area contributed by atoms with Gasteiger partial charge in [0, 0.05) is 38.1 Å². The fourth-order valence-corrected chi connectivity index (χ4v) is 2.26. The summed E-state index contributed by atoms with van der Waals surface area (Å²) in [7, 11) is 0. The molecule has 1 aromatic rings. The van der Waals surface area contributed by atoms with Gasteiger partial charge in [0.1, 0.15) is 0 Å². The van der Waals surface area contributed by atoms with E-state index in [0.717, 1.165) is 32.5 Å². The van der Waals surface area contributed by atoms with Gasteiger partial charge in [-0.3, -0.25) is 4.98 Å². The van der Waals surface area contributed by atoms with Crippen molar-refractivity contribution in [3.63, 3.8) is 0 Å². The third kappa shape index (κ3) is 3.20. The molecule has 1 aliphatic rings. The predicted molar refractivity (Wildman–Crippen MR) is 70.0 cm³/mol. The van der Waals surface area contributed by atoms with Gasteiger partial charge < -0.3 is 16.0 Å². The Morgan fingerprint density at radius 1 is 1.56 bits per heavy atom. The van der Waals surface area contributed by atoms with Gasteiger partial charge >= 0.3 is 6.03 Å². The van der Waals surface area contributed by atoms with Crippen LogP contribution >= 0.6 is 0 Å². The number of nitrogens with zero attached hydrogens (tertiary/aromatic N) is 2. The Labute approximate surface area is 107 Å². The monoisotopic (exact) mass is 248 g/mol. The Balaban J connectivity index is 1.79. The van der Waals surface area contributed by atoms with Crippen molar-refractivity contribution in [2.24, 2.45) is 5.73 Å². The van der Waals surface area contributed by atoms with Gasteiger partial charge in [-0.15, -0.1) is 0 Å². The van der Waals surface area contributed by atoms with E-state index in [1.807, 2.05) is 18.5 Å². The first-order valence-corrected chi connectivity index (χ1v) is 6.34. The number of rotatable bonds is 3. The molecule has 0 unspecified atom stereocenters. The second-order valence-corrected chi connectivity index (χ2v) is 4.78. The predicted octanol–water partition coefficient (Wildman–Crippen LogP) is 1.02. The van der Waals surface area contributed by atoms with Crippen molar-refractivity contribution in [3.05, 3.63) is 29.6 Å². The van der Waals surface area contributed by atoms with Gasteiger partial charge in [0.25, 0.3) is 0 Å². The normalized spacial score (nSPS) is 16.8. The van der Waals surface area contributed by atoms with E-state index >= 15 is 0 Å². The highest BCUT2D eigenvalue weighted by Gasteiger charge is 2.20. The number of nitrogens with two attached hydrogens (primary N) is 1. The first-order chi connectivity index (χ1) is 8.66. The zero-order chi connectivity index (χ0) is 13.0. The maximum atomic E-state index is 11.0. The molecule has 0 spiro atoms. The number of primary amides is 1. The van der Waals surface area contributed by atoms with Crippen LogP contribution < -0.4 is 11.1 Å². The number of carbonyl (C=O) groups excluding carboxylic acids is 1. The van der Waals surface area contributed by atoms with Gasteiger partial charge in [0.05, 0.1) is 0 Å². The number of hydrogen-bond acceptors (Lipinski definition) is 3. The summed E-state index contributed by atoms with van der Waals surface area (Å²) in [5.41, 5.74) is 7.75. The molecular weight excluding hydrogens is 228 g/mol. The van der Waals surface area contributed by atoms with E-state index < -0.39 is 0 Å². The van der Waals surface area contributed by atoms with Gasteiger partial charge in [-0.25, -0.2) is 4.79 Å². The maximum absolute atomic E-state index is 11.0. The maximum Gasteiger partial charge on any atom is 0.314 e. The van der Waals surface area contributed by atoms with Crippen LogP contribution in [0.1, 0.15) is 24.0 Å². The molecule has 0 aliphatic carbocycles. The van der Waals surface area contributed by atoms with Crippen LogP contribution in [0.25, 0.3) is 0 Å². The van der Waals surface area contributed by atoms with E-state index in [2.05, 4.69) is 17.2 Å². The molecule has 2 heterocycles. The molecule has 0 bridgehead atoms. The molecule has 1 fully saturated rings. The molecule has 0 radical (unpaired) electrons. The van der Waals surface area contributed by atoms with Gasteiger partial charge in [0.2, 0.25) is 0 Å². The molecule has 2 amide bonds. The Kier molecular flexibility index (Phi) is 4.15. The van der Waals surface area contributed by atoms with Crippen LogP contribution in [0.5, 0.6) is 0 Å². The topological polar surface area (TPSA) is 71.2 Å². The SMILES string of the molecule is Cc1cnccc1CNC1CCN(C(N)=O)CC1. The summed E-state index contributed by atoms with van der Waals surface area (Å²) < 4.78 is 0. The molecule has 0 atom stereocenters. The highest BCUT2D eigenvalue weighted by Crippen LogP contribution is 2.11. The standard InChI is InChI=1S/C13H20N4O/c1-10-8-15-5-2-11(10)9-16-12-3-6-17(7-4-12)13(14)18/h2,5,8,12,16H,3-4,6-7,9H2,1H3,(H2,14,18). The summed E-state index contributed by atoms with van der Waals surface area (Å²) in [4.78, 5) is 16.8. The quantitative estimate of drug-likeness (QED) is 0.839. The summed E-state index contributed by atoms with van der Waals surface area (Å²) in [6, 6.07) is 2.20. The van der Waals surface area contributed by atoms with Crippen molar-refractivity contribution < 1.29 is 4.79 Å². The Morgan fingerprint density at radius 3 is 2.89 bits per heavy atom. The van der Waals surface area contributed by atoms with Crippen LogP contribution in [0, 0.1) is 6.92 Å². The number of likely N-dealkylation sites (tertiary alicyclic amines) is 1. The number of aromatic nitrogens is 1.